The van der Waals surface area contributed by atoms with Crippen LogP contribution in [0.2, 0.25) is 0 Å². The molecule has 0 spiro atoms. The van der Waals surface area contributed by atoms with E-state index in [2.05, 4.69) is 37.1 Å². The smallest absolute Gasteiger partial charge is 0.309 e. The van der Waals surface area contributed by atoms with Gasteiger partial charge in [0.1, 0.15) is 6.10 Å². The molecule has 4 heteroatoms. The van der Waals surface area contributed by atoms with Crippen molar-refractivity contribution in [3.63, 3.8) is 0 Å². The molecule has 0 bridgehead atoms. The lowest BCUT2D eigenvalue weighted by Crippen LogP contribution is -2.39. The summed E-state index contributed by atoms with van der Waals surface area (Å²) in [6.45, 7) is 6.53. The lowest BCUT2D eigenvalue weighted by molar-refractivity contribution is -0.144. The summed E-state index contributed by atoms with van der Waals surface area (Å²) in [7, 11) is 0. The van der Waals surface area contributed by atoms with Crippen LogP contribution < -0.4 is 0 Å². The van der Waals surface area contributed by atoms with Crippen LogP contribution in [0.25, 0.3) is 17.2 Å². The SMILES string of the molecule is C[C@H]1[C@H](/C=C/c2ccc(-c3ccccc3C#N)cn2)[C@@H]2[C@@H](C)OC(=O)[C@@H]2C[C@@H]1C. The highest BCUT2D eigenvalue weighted by Crippen LogP contribution is 2.48. The number of hydrogen-bond donors (Lipinski definition) is 0. The molecule has 0 N–H and O–H groups in total. The maximum atomic E-state index is 12.2. The Kier molecular flexibility index (Phi) is 5.24. The molecule has 1 aliphatic carbocycles. The third-order valence-corrected chi connectivity index (χ3v) is 6.82. The minimum Gasteiger partial charge on any atom is -0.462 e. The molecule has 29 heavy (non-hydrogen) atoms. The van der Waals surface area contributed by atoms with Gasteiger partial charge in [0, 0.05) is 23.2 Å². The Morgan fingerprint density at radius 3 is 2.69 bits per heavy atom. The van der Waals surface area contributed by atoms with Crippen LogP contribution >= 0.6 is 0 Å². The highest BCUT2D eigenvalue weighted by Gasteiger charge is 2.51. The first-order valence-corrected chi connectivity index (χ1v) is 10.3. The van der Waals surface area contributed by atoms with E-state index in [1.165, 1.54) is 0 Å². The van der Waals surface area contributed by atoms with Gasteiger partial charge in [0.15, 0.2) is 0 Å². The van der Waals surface area contributed by atoms with Gasteiger partial charge in [-0.1, -0.05) is 44.2 Å². The van der Waals surface area contributed by atoms with Crippen LogP contribution in [-0.4, -0.2) is 17.1 Å². The Morgan fingerprint density at radius 1 is 1.17 bits per heavy atom. The van der Waals surface area contributed by atoms with Crippen LogP contribution in [0.15, 0.2) is 48.7 Å². The standard InChI is InChI=1S/C25H26N2O2/c1-15-12-23-24(17(3)29-25(23)28)21(16(15)2)11-10-20-9-8-19(14-27-20)22-7-5-4-6-18(22)13-26/h4-11,14-17,21,23-24H,12H2,1-3H3/b11-10+/t15-,16+,17+,21-,23+,24-/m0/s1. The highest BCUT2D eigenvalue weighted by atomic mass is 16.6. The van der Waals surface area contributed by atoms with Crippen molar-refractivity contribution >= 4 is 12.0 Å². The first kappa shape index (κ1) is 19.4. The van der Waals surface area contributed by atoms with Gasteiger partial charge in [-0.05, 0) is 49.3 Å². The van der Waals surface area contributed by atoms with Gasteiger partial charge in [-0.2, -0.15) is 5.26 Å². The lowest BCUT2D eigenvalue weighted by Gasteiger charge is -2.40. The number of fused-ring (bicyclic) bond motifs is 1. The number of rotatable bonds is 3. The van der Waals surface area contributed by atoms with Crippen molar-refractivity contribution in [2.24, 2.45) is 29.6 Å². The number of hydrogen-bond acceptors (Lipinski definition) is 4. The molecule has 2 heterocycles. The van der Waals surface area contributed by atoms with Gasteiger partial charge in [0.25, 0.3) is 0 Å². The Hall–Kier alpha value is -2.93. The van der Waals surface area contributed by atoms with Crippen molar-refractivity contribution in [2.75, 3.05) is 0 Å². The van der Waals surface area contributed by atoms with Gasteiger partial charge in [-0.15, -0.1) is 0 Å². The predicted octanol–water partition coefficient (Wildman–Crippen LogP) is 5.10. The largest absolute Gasteiger partial charge is 0.462 e. The van der Waals surface area contributed by atoms with Gasteiger partial charge in [-0.25, -0.2) is 0 Å². The number of benzene rings is 1. The van der Waals surface area contributed by atoms with E-state index in [9.17, 15) is 10.1 Å². The van der Waals surface area contributed by atoms with Crippen molar-refractivity contribution in [2.45, 2.75) is 33.3 Å². The summed E-state index contributed by atoms with van der Waals surface area (Å²) in [5.74, 6) is 1.51. The Morgan fingerprint density at radius 2 is 1.97 bits per heavy atom. The topological polar surface area (TPSA) is 63.0 Å². The van der Waals surface area contributed by atoms with E-state index in [1.807, 2.05) is 49.5 Å². The molecule has 1 aliphatic heterocycles. The van der Waals surface area contributed by atoms with Crippen molar-refractivity contribution in [3.8, 4) is 17.2 Å². The molecule has 2 aliphatic rings. The van der Waals surface area contributed by atoms with E-state index in [-0.39, 0.29) is 23.9 Å². The second-order valence-corrected chi connectivity index (χ2v) is 8.46. The maximum Gasteiger partial charge on any atom is 0.309 e. The molecule has 4 nitrogen and oxygen atoms in total. The molecule has 6 atom stereocenters. The quantitative estimate of drug-likeness (QED) is 0.688. The van der Waals surface area contributed by atoms with E-state index in [1.54, 1.807) is 0 Å². The van der Waals surface area contributed by atoms with E-state index in [0.29, 0.717) is 23.3 Å². The summed E-state index contributed by atoms with van der Waals surface area (Å²) >= 11 is 0. The van der Waals surface area contributed by atoms with Crippen molar-refractivity contribution in [3.05, 3.63) is 59.9 Å². The molecule has 1 aromatic heterocycles. The number of esters is 1. The Labute approximate surface area is 172 Å². The normalized spacial score (nSPS) is 31.3. The average Bonchev–Trinajstić information content (AvgIpc) is 3.01. The minimum atomic E-state index is -0.0325. The number of allylic oxidation sites excluding steroid dienone is 1. The van der Waals surface area contributed by atoms with Crippen LogP contribution in [0.1, 0.15) is 38.4 Å². The molecule has 1 saturated carbocycles. The summed E-state index contributed by atoms with van der Waals surface area (Å²) in [6, 6.07) is 13.8. The number of ether oxygens (including phenoxy) is 1. The van der Waals surface area contributed by atoms with Crippen LogP contribution in [-0.2, 0) is 9.53 Å². The summed E-state index contributed by atoms with van der Waals surface area (Å²) in [5, 5.41) is 9.31. The summed E-state index contributed by atoms with van der Waals surface area (Å²) < 4.78 is 5.56. The minimum absolute atomic E-state index is 0.0173. The van der Waals surface area contributed by atoms with Crippen molar-refractivity contribution in [1.82, 2.24) is 4.98 Å². The molecule has 148 valence electrons. The molecule has 0 radical (unpaired) electrons. The number of nitrogens with zero attached hydrogens (tertiary/aromatic N) is 2. The second kappa shape index (κ2) is 7.83. The number of cyclic esters (lactones) is 1. The van der Waals surface area contributed by atoms with Gasteiger partial charge in [0.2, 0.25) is 0 Å². The fourth-order valence-electron chi connectivity index (χ4n) is 5.02. The molecular formula is C25H26N2O2. The van der Waals surface area contributed by atoms with Gasteiger partial charge >= 0.3 is 5.97 Å². The van der Waals surface area contributed by atoms with Crippen LogP contribution in [0.3, 0.4) is 0 Å². The first-order chi connectivity index (χ1) is 14.0. The summed E-state index contributed by atoms with van der Waals surface area (Å²) in [4.78, 5) is 16.8. The zero-order valence-electron chi connectivity index (χ0n) is 17.1. The average molecular weight is 386 g/mol. The van der Waals surface area contributed by atoms with E-state index >= 15 is 0 Å². The summed E-state index contributed by atoms with van der Waals surface area (Å²) in [5.41, 5.74) is 3.35. The van der Waals surface area contributed by atoms with Crippen LogP contribution in [0, 0.1) is 40.9 Å². The van der Waals surface area contributed by atoms with Gasteiger partial charge in [-0.3, -0.25) is 9.78 Å². The zero-order valence-corrected chi connectivity index (χ0v) is 17.1. The Balaban J connectivity index is 1.57. The third kappa shape index (κ3) is 3.58. The van der Waals surface area contributed by atoms with Crippen LogP contribution in [0.5, 0.6) is 0 Å². The first-order valence-electron chi connectivity index (χ1n) is 10.3. The molecule has 2 aromatic rings. The lowest BCUT2D eigenvalue weighted by atomic mass is 9.62. The van der Waals surface area contributed by atoms with Crippen LogP contribution in [0.4, 0.5) is 0 Å². The van der Waals surface area contributed by atoms with Gasteiger partial charge in [0.05, 0.1) is 23.2 Å². The molecule has 1 aromatic carbocycles. The molecule has 2 fully saturated rings. The zero-order chi connectivity index (χ0) is 20.5. The molecule has 1 saturated heterocycles. The fourth-order valence-corrected chi connectivity index (χ4v) is 5.02. The van der Waals surface area contributed by atoms with E-state index < -0.39 is 0 Å². The van der Waals surface area contributed by atoms with E-state index in [0.717, 1.165) is 23.2 Å². The monoisotopic (exact) mass is 386 g/mol. The number of pyridine rings is 1. The second-order valence-electron chi connectivity index (χ2n) is 8.46. The fraction of sp³-hybridized carbons (Fsp3) is 0.400. The van der Waals surface area contributed by atoms with Gasteiger partial charge < -0.3 is 4.74 Å². The molecule has 4 rings (SSSR count). The number of carbonyl (C=O) groups is 1. The van der Waals surface area contributed by atoms with Crippen molar-refractivity contribution < 1.29 is 9.53 Å². The summed E-state index contributed by atoms with van der Waals surface area (Å²) in [6.07, 6.45) is 6.99. The molecule has 0 amide bonds. The number of aromatic nitrogens is 1. The van der Waals surface area contributed by atoms with Crippen molar-refractivity contribution in [1.29, 1.82) is 5.26 Å². The van der Waals surface area contributed by atoms with E-state index in [4.69, 9.17) is 4.74 Å². The molecular weight excluding hydrogens is 360 g/mol. The molecule has 0 unspecified atom stereocenters. The maximum absolute atomic E-state index is 12.2. The number of carbonyl (C=O) groups excluding carboxylic acids is 1. The third-order valence-electron chi connectivity index (χ3n) is 6.82. The Bertz CT molecular complexity index is 973. The predicted molar refractivity (Wildman–Crippen MR) is 112 cm³/mol. The highest BCUT2D eigenvalue weighted by molar-refractivity contribution is 5.75. The number of nitriles is 1.